The summed E-state index contributed by atoms with van der Waals surface area (Å²) >= 11 is 6.06. The van der Waals surface area contributed by atoms with E-state index in [0.29, 0.717) is 41.8 Å². The highest BCUT2D eigenvalue weighted by Crippen LogP contribution is 2.35. The summed E-state index contributed by atoms with van der Waals surface area (Å²) in [5.41, 5.74) is 1.30. The molecule has 0 spiro atoms. The summed E-state index contributed by atoms with van der Waals surface area (Å²) in [6.45, 7) is 3.08. The summed E-state index contributed by atoms with van der Waals surface area (Å²) in [5, 5.41) is 3.73. The van der Waals surface area contributed by atoms with Crippen LogP contribution >= 0.6 is 11.6 Å². The quantitative estimate of drug-likeness (QED) is 0.389. The average molecular weight is 592 g/mol. The monoisotopic (exact) mass is 591 g/mol. The Morgan fingerprint density at radius 1 is 1.05 bits per heavy atom. The van der Waals surface area contributed by atoms with Crippen LogP contribution in [0.5, 0.6) is 11.5 Å². The van der Waals surface area contributed by atoms with Crippen molar-refractivity contribution in [2.45, 2.75) is 70.5 Å². The fraction of sp³-hybridized carbons (Fsp3) is 0.517. The van der Waals surface area contributed by atoms with Gasteiger partial charge in [-0.3, -0.25) is 13.9 Å². The number of hydrogen-bond acceptors (Lipinski definition) is 6. The number of benzene rings is 2. The molecule has 1 aliphatic carbocycles. The first-order valence-electron chi connectivity index (χ1n) is 13.9. The Balaban J connectivity index is 1.48. The van der Waals surface area contributed by atoms with Crippen molar-refractivity contribution in [3.05, 3.63) is 53.1 Å². The molecule has 4 rings (SSSR count). The van der Waals surface area contributed by atoms with Crippen molar-refractivity contribution in [3.63, 3.8) is 0 Å². The molecule has 0 unspecified atom stereocenters. The Morgan fingerprint density at radius 3 is 2.38 bits per heavy atom. The van der Waals surface area contributed by atoms with Crippen molar-refractivity contribution in [1.29, 1.82) is 0 Å². The van der Waals surface area contributed by atoms with Crippen molar-refractivity contribution in [3.8, 4) is 11.5 Å². The van der Waals surface area contributed by atoms with E-state index < -0.39 is 16.1 Å². The Kier molecular flexibility index (Phi) is 10.2. The lowest BCUT2D eigenvalue weighted by molar-refractivity contribution is -0.141. The second-order valence-electron chi connectivity index (χ2n) is 10.3. The van der Waals surface area contributed by atoms with Gasteiger partial charge in [0.05, 0.1) is 11.9 Å². The van der Waals surface area contributed by atoms with E-state index in [4.69, 9.17) is 21.1 Å². The van der Waals surface area contributed by atoms with E-state index in [9.17, 15) is 18.0 Å². The molecule has 2 aliphatic rings. The highest BCUT2D eigenvalue weighted by atomic mass is 35.5. The normalized spacial score (nSPS) is 15.9. The minimum atomic E-state index is -3.63. The van der Waals surface area contributed by atoms with Gasteiger partial charge in [-0.05, 0) is 55.5 Å². The van der Waals surface area contributed by atoms with E-state index in [2.05, 4.69) is 5.32 Å². The van der Waals surface area contributed by atoms with Gasteiger partial charge < -0.3 is 19.7 Å². The van der Waals surface area contributed by atoms with Gasteiger partial charge in [-0.1, -0.05) is 43.5 Å². The van der Waals surface area contributed by atoms with E-state index in [0.717, 1.165) is 37.5 Å². The molecule has 218 valence electrons. The minimum absolute atomic E-state index is 0.0807. The predicted molar refractivity (Wildman–Crippen MR) is 155 cm³/mol. The standard InChI is InChI=1S/C29H38ClN3O6S/c1-3-25(29(35)31-23-7-4-5-8-23)32(20-21-10-12-22(30)13-11-21)28(34)9-6-16-33(40(2,36)37)24-14-15-26-27(19-24)39-18-17-38-26/h10-15,19,23,25H,3-9,16-18,20H2,1-2H3,(H,31,35)/t25-/m0/s1. The van der Waals surface area contributed by atoms with Crippen LogP contribution in [0.2, 0.25) is 5.02 Å². The van der Waals surface area contributed by atoms with Crippen molar-refractivity contribution in [2.24, 2.45) is 0 Å². The molecule has 0 saturated heterocycles. The van der Waals surface area contributed by atoms with Gasteiger partial charge in [0.1, 0.15) is 19.3 Å². The maximum absolute atomic E-state index is 13.6. The molecule has 11 heteroatoms. The van der Waals surface area contributed by atoms with Gasteiger partial charge in [0.15, 0.2) is 11.5 Å². The van der Waals surface area contributed by atoms with Crippen LogP contribution in [0, 0.1) is 0 Å². The molecule has 0 radical (unpaired) electrons. The van der Waals surface area contributed by atoms with Crippen molar-refractivity contribution >= 4 is 39.1 Å². The largest absolute Gasteiger partial charge is 0.486 e. The lowest BCUT2D eigenvalue weighted by atomic mass is 10.1. The first kappa shape index (κ1) is 30.0. The van der Waals surface area contributed by atoms with Crippen LogP contribution in [0.15, 0.2) is 42.5 Å². The van der Waals surface area contributed by atoms with Crippen molar-refractivity contribution in [1.82, 2.24) is 10.2 Å². The number of fused-ring (bicyclic) bond motifs is 1. The molecule has 0 aromatic heterocycles. The van der Waals surface area contributed by atoms with Crippen LogP contribution in [0.1, 0.15) is 57.4 Å². The summed E-state index contributed by atoms with van der Waals surface area (Å²) in [4.78, 5) is 28.5. The van der Waals surface area contributed by atoms with Crippen molar-refractivity contribution in [2.75, 3.05) is 30.3 Å². The number of amides is 2. The van der Waals surface area contributed by atoms with Crippen LogP contribution in [0.4, 0.5) is 5.69 Å². The number of sulfonamides is 1. The predicted octanol–water partition coefficient (Wildman–Crippen LogP) is 4.52. The zero-order valence-corrected chi connectivity index (χ0v) is 24.7. The second-order valence-corrected chi connectivity index (χ2v) is 12.7. The van der Waals surface area contributed by atoms with Crippen LogP contribution in [0.25, 0.3) is 0 Å². The molecular weight excluding hydrogens is 554 g/mol. The highest BCUT2D eigenvalue weighted by Gasteiger charge is 2.31. The highest BCUT2D eigenvalue weighted by molar-refractivity contribution is 7.92. The molecule has 1 fully saturated rings. The van der Waals surface area contributed by atoms with Gasteiger partial charge in [0.25, 0.3) is 0 Å². The fourth-order valence-corrected chi connectivity index (χ4v) is 6.35. The SMILES string of the molecule is CC[C@@H](C(=O)NC1CCCC1)N(Cc1ccc(Cl)cc1)C(=O)CCCN(c1ccc2c(c1)OCCO2)S(C)(=O)=O. The third kappa shape index (κ3) is 7.81. The summed E-state index contributed by atoms with van der Waals surface area (Å²) < 4.78 is 37.8. The molecule has 2 aromatic carbocycles. The minimum Gasteiger partial charge on any atom is -0.486 e. The first-order chi connectivity index (χ1) is 19.2. The van der Waals surface area contributed by atoms with E-state index in [1.807, 2.05) is 19.1 Å². The van der Waals surface area contributed by atoms with Crippen LogP contribution in [-0.2, 0) is 26.2 Å². The van der Waals surface area contributed by atoms with Crippen LogP contribution in [-0.4, -0.2) is 63.2 Å². The molecule has 1 atom stereocenters. The molecule has 1 saturated carbocycles. The number of hydrogen-bond donors (Lipinski definition) is 1. The number of carbonyl (C=O) groups is 2. The third-order valence-electron chi connectivity index (χ3n) is 7.32. The lowest BCUT2D eigenvalue weighted by Crippen LogP contribution is -2.51. The molecule has 1 aliphatic heterocycles. The van der Waals surface area contributed by atoms with Gasteiger partial charge in [0, 0.05) is 36.6 Å². The fourth-order valence-electron chi connectivity index (χ4n) is 5.26. The molecule has 9 nitrogen and oxygen atoms in total. The zero-order chi connectivity index (χ0) is 28.7. The van der Waals surface area contributed by atoms with E-state index in [1.54, 1.807) is 35.2 Å². The smallest absolute Gasteiger partial charge is 0.243 e. The summed E-state index contributed by atoms with van der Waals surface area (Å²) in [7, 11) is -3.63. The molecular formula is C29H38ClN3O6S. The zero-order valence-electron chi connectivity index (χ0n) is 23.1. The molecule has 1 heterocycles. The summed E-state index contributed by atoms with van der Waals surface area (Å²) in [6.07, 6.45) is 6.05. The number of nitrogens with zero attached hydrogens (tertiary/aromatic N) is 2. The summed E-state index contributed by atoms with van der Waals surface area (Å²) in [5.74, 6) is 0.699. The van der Waals surface area contributed by atoms with E-state index >= 15 is 0 Å². The Labute approximate surface area is 241 Å². The summed E-state index contributed by atoms with van der Waals surface area (Å²) in [6, 6.07) is 11.7. The van der Waals surface area contributed by atoms with Crippen LogP contribution < -0.4 is 19.1 Å². The number of nitrogens with one attached hydrogen (secondary N) is 1. The number of anilines is 1. The molecule has 40 heavy (non-hydrogen) atoms. The number of halogens is 1. The average Bonchev–Trinajstić information content (AvgIpc) is 3.44. The van der Waals surface area contributed by atoms with E-state index in [-0.39, 0.29) is 43.8 Å². The Morgan fingerprint density at radius 2 is 1.73 bits per heavy atom. The number of ether oxygens (including phenoxy) is 2. The topological polar surface area (TPSA) is 105 Å². The molecule has 2 amide bonds. The lowest BCUT2D eigenvalue weighted by Gasteiger charge is -2.32. The van der Waals surface area contributed by atoms with Gasteiger partial charge in [0.2, 0.25) is 21.8 Å². The Bertz CT molecular complexity index is 1280. The van der Waals surface area contributed by atoms with Crippen LogP contribution in [0.3, 0.4) is 0 Å². The van der Waals surface area contributed by atoms with Crippen molar-refractivity contribution < 1.29 is 27.5 Å². The molecule has 1 N–H and O–H groups in total. The second kappa shape index (κ2) is 13.6. The molecule has 2 aromatic rings. The third-order valence-corrected chi connectivity index (χ3v) is 8.77. The van der Waals surface area contributed by atoms with Gasteiger partial charge in [-0.25, -0.2) is 8.42 Å². The first-order valence-corrected chi connectivity index (χ1v) is 16.1. The molecule has 0 bridgehead atoms. The maximum Gasteiger partial charge on any atom is 0.243 e. The van der Waals surface area contributed by atoms with Gasteiger partial charge >= 0.3 is 0 Å². The van der Waals surface area contributed by atoms with Gasteiger partial charge in [-0.2, -0.15) is 0 Å². The van der Waals surface area contributed by atoms with Gasteiger partial charge in [-0.15, -0.1) is 0 Å². The van der Waals surface area contributed by atoms with E-state index in [1.165, 1.54) is 4.31 Å². The maximum atomic E-state index is 13.6. The number of rotatable bonds is 12. The number of carbonyl (C=O) groups excluding carboxylic acids is 2. The Hall–Kier alpha value is -2.98.